The van der Waals surface area contributed by atoms with Crippen LogP contribution in [0.4, 0.5) is 0 Å². The zero-order chi connectivity index (χ0) is 10.6. The molecule has 1 unspecified atom stereocenters. The van der Waals surface area contributed by atoms with Gasteiger partial charge in [-0.25, -0.2) is 0 Å². The fraction of sp³-hybridized carbons (Fsp3) is 0.833. The summed E-state index contributed by atoms with van der Waals surface area (Å²) >= 11 is 0. The van der Waals surface area contributed by atoms with Gasteiger partial charge in [-0.3, -0.25) is 0 Å². The van der Waals surface area contributed by atoms with Crippen molar-refractivity contribution in [2.75, 3.05) is 19.8 Å². The van der Waals surface area contributed by atoms with Crippen molar-refractivity contribution in [2.24, 2.45) is 5.92 Å². The Morgan fingerprint density at radius 1 is 1.50 bits per heavy atom. The Bertz CT molecular complexity index is 197. The van der Waals surface area contributed by atoms with E-state index in [1.807, 2.05) is 0 Å². The van der Waals surface area contributed by atoms with E-state index in [-0.39, 0.29) is 5.54 Å². The maximum atomic E-state index is 5.34. The molecule has 1 aliphatic heterocycles. The summed E-state index contributed by atoms with van der Waals surface area (Å²) in [4.78, 5) is 0. The van der Waals surface area contributed by atoms with E-state index in [9.17, 15) is 0 Å². The van der Waals surface area contributed by atoms with Gasteiger partial charge in [0.25, 0.3) is 0 Å². The van der Waals surface area contributed by atoms with E-state index in [1.54, 1.807) is 0 Å². The van der Waals surface area contributed by atoms with Crippen LogP contribution in [0.1, 0.15) is 34.1 Å². The van der Waals surface area contributed by atoms with E-state index >= 15 is 0 Å². The zero-order valence-electron chi connectivity index (χ0n) is 9.89. The monoisotopic (exact) mass is 197 g/mol. The SMILES string of the molecule is C/C(=C\C1CCOC1)CNC(C)(C)C. The predicted molar refractivity (Wildman–Crippen MR) is 60.4 cm³/mol. The summed E-state index contributed by atoms with van der Waals surface area (Å²) < 4.78 is 5.34. The summed E-state index contributed by atoms with van der Waals surface area (Å²) in [5.74, 6) is 0.650. The molecule has 1 fully saturated rings. The van der Waals surface area contributed by atoms with Gasteiger partial charge in [-0.05, 0) is 34.1 Å². The highest BCUT2D eigenvalue weighted by Gasteiger charge is 2.13. The van der Waals surface area contributed by atoms with E-state index in [2.05, 4.69) is 39.1 Å². The number of ether oxygens (including phenoxy) is 1. The van der Waals surface area contributed by atoms with Crippen LogP contribution in [-0.2, 0) is 4.74 Å². The molecule has 0 bridgehead atoms. The van der Waals surface area contributed by atoms with Gasteiger partial charge in [0.1, 0.15) is 0 Å². The summed E-state index contributed by atoms with van der Waals surface area (Å²) in [5.41, 5.74) is 1.64. The maximum Gasteiger partial charge on any atom is 0.0529 e. The van der Waals surface area contributed by atoms with Crippen LogP contribution in [0, 0.1) is 5.92 Å². The fourth-order valence-corrected chi connectivity index (χ4v) is 1.55. The third-order valence-electron chi connectivity index (χ3n) is 2.38. The molecule has 0 aromatic carbocycles. The van der Waals surface area contributed by atoms with Crippen molar-refractivity contribution < 1.29 is 4.74 Å². The molecule has 14 heavy (non-hydrogen) atoms. The summed E-state index contributed by atoms with van der Waals surface area (Å²) in [6.45, 7) is 11.6. The second-order valence-corrected chi connectivity index (χ2v) is 5.24. The lowest BCUT2D eigenvalue weighted by Crippen LogP contribution is -2.36. The molecular weight excluding hydrogens is 174 g/mol. The van der Waals surface area contributed by atoms with Gasteiger partial charge in [0.15, 0.2) is 0 Å². The van der Waals surface area contributed by atoms with Gasteiger partial charge in [-0.1, -0.05) is 11.6 Å². The van der Waals surface area contributed by atoms with Gasteiger partial charge in [0, 0.05) is 24.6 Å². The van der Waals surface area contributed by atoms with Crippen molar-refractivity contribution >= 4 is 0 Å². The van der Waals surface area contributed by atoms with Crippen LogP contribution in [0.3, 0.4) is 0 Å². The summed E-state index contributed by atoms with van der Waals surface area (Å²) in [5, 5.41) is 3.49. The molecule has 0 saturated carbocycles. The van der Waals surface area contributed by atoms with Crippen LogP contribution in [-0.4, -0.2) is 25.3 Å². The van der Waals surface area contributed by atoms with Gasteiger partial charge in [-0.2, -0.15) is 0 Å². The van der Waals surface area contributed by atoms with Crippen LogP contribution >= 0.6 is 0 Å². The Balaban J connectivity index is 2.29. The van der Waals surface area contributed by atoms with Gasteiger partial charge >= 0.3 is 0 Å². The smallest absolute Gasteiger partial charge is 0.0529 e. The molecule has 1 aliphatic rings. The largest absolute Gasteiger partial charge is 0.381 e. The number of nitrogens with one attached hydrogen (secondary N) is 1. The molecule has 2 heteroatoms. The third-order valence-corrected chi connectivity index (χ3v) is 2.38. The molecule has 0 radical (unpaired) electrons. The molecule has 0 spiro atoms. The minimum atomic E-state index is 0.210. The molecule has 1 atom stereocenters. The highest BCUT2D eigenvalue weighted by molar-refractivity contribution is 5.04. The van der Waals surface area contributed by atoms with Gasteiger partial charge in [0.05, 0.1) is 6.61 Å². The standard InChI is InChI=1S/C12H23NO/c1-10(8-13-12(2,3)4)7-11-5-6-14-9-11/h7,11,13H,5-6,8-9H2,1-4H3/b10-7+. The van der Waals surface area contributed by atoms with Crippen LogP contribution in [0.2, 0.25) is 0 Å². The topological polar surface area (TPSA) is 21.3 Å². The molecule has 82 valence electrons. The molecule has 1 heterocycles. The van der Waals surface area contributed by atoms with Crippen LogP contribution in [0.5, 0.6) is 0 Å². The highest BCUT2D eigenvalue weighted by atomic mass is 16.5. The first-order valence-electron chi connectivity index (χ1n) is 5.47. The first kappa shape index (κ1) is 11.7. The van der Waals surface area contributed by atoms with Crippen molar-refractivity contribution in [2.45, 2.75) is 39.7 Å². The predicted octanol–water partition coefficient (Wildman–Crippen LogP) is 2.36. The van der Waals surface area contributed by atoms with Crippen LogP contribution in [0.25, 0.3) is 0 Å². The van der Waals surface area contributed by atoms with Crippen molar-refractivity contribution in [3.63, 3.8) is 0 Å². The van der Waals surface area contributed by atoms with Crippen LogP contribution < -0.4 is 5.32 Å². The molecule has 0 aromatic heterocycles. The van der Waals surface area contributed by atoms with Crippen molar-refractivity contribution in [1.82, 2.24) is 5.32 Å². The quantitative estimate of drug-likeness (QED) is 0.701. The number of hydrogen-bond acceptors (Lipinski definition) is 2. The van der Waals surface area contributed by atoms with Gasteiger partial charge in [0.2, 0.25) is 0 Å². The normalized spacial score (nSPS) is 24.3. The van der Waals surface area contributed by atoms with E-state index < -0.39 is 0 Å². The Morgan fingerprint density at radius 3 is 2.71 bits per heavy atom. The summed E-state index contributed by atoms with van der Waals surface area (Å²) in [6.07, 6.45) is 3.54. The van der Waals surface area contributed by atoms with E-state index in [4.69, 9.17) is 4.74 Å². The minimum absolute atomic E-state index is 0.210. The lowest BCUT2D eigenvalue weighted by atomic mass is 10.0. The summed E-state index contributed by atoms with van der Waals surface area (Å²) in [7, 11) is 0. The van der Waals surface area contributed by atoms with E-state index in [0.717, 1.165) is 19.8 Å². The second-order valence-electron chi connectivity index (χ2n) is 5.24. The molecular formula is C12H23NO. The van der Waals surface area contributed by atoms with E-state index in [0.29, 0.717) is 5.92 Å². The van der Waals surface area contributed by atoms with Crippen molar-refractivity contribution in [3.05, 3.63) is 11.6 Å². The molecule has 0 aliphatic carbocycles. The van der Waals surface area contributed by atoms with Crippen LogP contribution in [0.15, 0.2) is 11.6 Å². The maximum absolute atomic E-state index is 5.34. The fourth-order valence-electron chi connectivity index (χ4n) is 1.55. The Kier molecular flexibility index (Phi) is 4.14. The first-order valence-corrected chi connectivity index (χ1v) is 5.47. The van der Waals surface area contributed by atoms with Crippen molar-refractivity contribution in [3.8, 4) is 0 Å². The first-order chi connectivity index (χ1) is 6.47. The number of hydrogen-bond donors (Lipinski definition) is 1. The highest BCUT2D eigenvalue weighted by Crippen LogP contribution is 2.15. The molecule has 2 nitrogen and oxygen atoms in total. The average Bonchev–Trinajstić information content (AvgIpc) is 2.52. The van der Waals surface area contributed by atoms with E-state index in [1.165, 1.54) is 12.0 Å². The second kappa shape index (κ2) is 4.94. The average molecular weight is 197 g/mol. The number of rotatable bonds is 3. The molecule has 1 saturated heterocycles. The summed E-state index contributed by atoms with van der Waals surface area (Å²) in [6, 6.07) is 0. The molecule has 1 N–H and O–H groups in total. The lowest BCUT2D eigenvalue weighted by Gasteiger charge is -2.21. The Morgan fingerprint density at radius 2 is 2.21 bits per heavy atom. The lowest BCUT2D eigenvalue weighted by molar-refractivity contribution is 0.191. The Hall–Kier alpha value is -0.340. The van der Waals surface area contributed by atoms with Gasteiger partial charge < -0.3 is 10.1 Å². The van der Waals surface area contributed by atoms with Crippen molar-refractivity contribution in [1.29, 1.82) is 0 Å². The molecule has 0 amide bonds. The third kappa shape index (κ3) is 4.77. The minimum Gasteiger partial charge on any atom is -0.381 e. The molecule has 0 aromatic rings. The zero-order valence-corrected chi connectivity index (χ0v) is 9.89. The van der Waals surface area contributed by atoms with Gasteiger partial charge in [-0.15, -0.1) is 0 Å². The molecule has 1 rings (SSSR count). The Labute approximate surface area is 87.7 Å².